The van der Waals surface area contributed by atoms with Gasteiger partial charge in [-0.15, -0.1) is 0 Å². The van der Waals surface area contributed by atoms with Crippen molar-refractivity contribution in [2.75, 3.05) is 0 Å². The molecule has 0 aromatic carbocycles. The zero-order chi connectivity index (χ0) is 7.56. The third-order valence-corrected chi connectivity index (χ3v) is 0.977. The lowest BCUT2D eigenvalue weighted by atomic mass is 10.2. The second kappa shape index (κ2) is 2.29. The van der Waals surface area contributed by atoms with Crippen molar-refractivity contribution in [3.05, 3.63) is 45.9 Å². The van der Waals surface area contributed by atoms with Crippen LogP contribution in [-0.2, 0) is 0 Å². The maximum atomic E-state index is 10.0. The Morgan fingerprint density at radius 2 is 2.30 bits per heavy atom. The molecule has 0 amide bonds. The summed E-state index contributed by atoms with van der Waals surface area (Å²) in [5.74, 6) is -0.0226. The Bertz CT molecular complexity index is 250. The van der Waals surface area contributed by atoms with Gasteiger partial charge in [0.05, 0.1) is 6.08 Å². The minimum absolute atomic E-state index is 0.0226. The quantitative estimate of drug-likeness (QED) is 0.333. The molecular formula is C6H4NO3+. The first-order valence-corrected chi connectivity index (χ1v) is 2.55. The number of hydrogen-bond donors (Lipinski definition) is 1. The van der Waals surface area contributed by atoms with Gasteiger partial charge >= 0.3 is 5.70 Å². The molecule has 10 heavy (non-hydrogen) atoms. The van der Waals surface area contributed by atoms with Crippen LogP contribution >= 0.6 is 0 Å². The Hall–Kier alpha value is -1.67. The molecule has 0 saturated heterocycles. The second-order valence-corrected chi connectivity index (χ2v) is 1.69. The van der Waals surface area contributed by atoms with Crippen molar-refractivity contribution < 1.29 is 10.0 Å². The molecular weight excluding hydrogens is 134 g/mol. The van der Waals surface area contributed by atoms with Crippen LogP contribution in [0.25, 0.3) is 0 Å². The number of aliphatic hydroxyl groups is 1. The molecule has 50 valence electrons. The number of allylic oxidation sites excluding steroid dienone is 4. The molecule has 0 spiro atoms. The minimum atomic E-state index is -0.570. The van der Waals surface area contributed by atoms with Crippen molar-refractivity contribution in [3.8, 4) is 0 Å². The van der Waals surface area contributed by atoms with Gasteiger partial charge in [-0.05, 0) is 0 Å². The molecule has 1 N–H and O–H groups in total. The van der Waals surface area contributed by atoms with Crippen molar-refractivity contribution >= 4 is 0 Å². The molecule has 4 nitrogen and oxygen atoms in total. The fourth-order valence-electron chi connectivity index (χ4n) is 0.522. The highest BCUT2D eigenvalue weighted by molar-refractivity contribution is 5.27. The van der Waals surface area contributed by atoms with Gasteiger partial charge < -0.3 is 5.11 Å². The fourth-order valence-corrected chi connectivity index (χ4v) is 0.522. The zero-order valence-electron chi connectivity index (χ0n) is 4.94. The van der Waals surface area contributed by atoms with Crippen LogP contribution < -0.4 is 0 Å². The molecule has 0 heterocycles. The van der Waals surface area contributed by atoms with E-state index in [0.29, 0.717) is 0 Å². The van der Waals surface area contributed by atoms with Crippen molar-refractivity contribution in [3.63, 3.8) is 0 Å². The van der Waals surface area contributed by atoms with E-state index < -0.39 is 4.92 Å². The largest absolute Gasteiger partial charge is 0.448 e. The third kappa shape index (κ3) is 1.18. The second-order valence-electron chi connectivity index (χ2n) is 1.69. The highest BCUT2D eigenvalue weighted by atomic mass is 16.6. The molecule has 0 atom stereocenters. The molecule has 0 radical (unpaired) electrons. The van der Waals surface area contributed by atoms with Crippen LogP contribution in [0.3, 0.4) is 0 Å². The zero-order valence-corrected chi connectivity index (χ0v) is 4.94. The number of nitro groups is 1. The first-order chi connectivity index (χ1) is 4.70. The van der Waals surface area contributed by atoms with Crippen molar-refractivity contribution in [2.24, 2.45) is 0 Å². The van der Waals surface area contributed by atoms with Crippen LogP contribution in [0.4, 0.5) is 0 Å². The maximum Gasteiger partial charge on any atom is 0.427 e. The molecule has 0 fully saturated rings. The number of rotatable bonds is 1. The van der Waals surface area contributed by atoms with Gasteiger partial charge in [0, 0.05) is 0 Å². The minimum Gasteiger partial charge on any atom is -0.448 e. The lowest BCUT2D eigenvalue weighted by Crippen LogP contribution is -1.97. The van der Waals surface area contributed by atoms with E-state index in [-0.39, 0.29) is 11.5 Å². The van der Waals surface area contributed by atoms with Crippen LogP contribution in [0.1, 0.15) is 0 Å². The van der Waals surface area contributed by atoms with Gasteiger partial charge in [0.1, 0.15) is 17.1 Å². The standard InChI is InChI=1S/C6H3NO3/c8-6-3-1-5(2-4-6)7(9)10/h1,3-4H/p+1. The normalized spacial score (nSPS) is 15.2. The van der Waals surface area contributed by atoms with Gasteiger partial charge in [0.25, 0.3) is 0 Å². The highest BCUT2D eigenvalue weighted by Crippen LogP contribution is 2.06. The summed E-state index contributed by atoms with van der Waals surface area (Å²) in [7, 11) is 0. The van der Waals surface area contributed by atoms with Crippen LogP contribution in [0, 0.1) is 16.2 Å². The van der Waals surface area contributed by atoms with Gasteiger partial charge in [-0.25, -0.2) is 0 Å². The van der Waals surface area contributed by atoms with Crippen LogP contribution in [0.15, 0.2) is 29.7 Å². The Balaban J connectivity index is 2.88. The molecule has 4 heteroatoms. The Kier molecular flexibility index (Phi) is 1.48. The summed E-state index contributed by atoms with van der Waals surface area (Å²) < 4.78 is 0. The topological polar surface area (TPSA) is 63.4 Å². The number of nitrogens with zero attached hydrogens (tertiary/aromatic N) is 1. The van der Waals surface area contributed by atoms with Gasteiger partial charge in [0.15, 0.2) is 6.08 Å². The smallest absolute Gasteiger partial charge is 0.427 e. The summed E-state index contributed by atoms with van der Waals surface area (Å²) in [5.41, 5.74) is -0.141. The molecule has 0 bridgehead atoms. The van der Waals surface area contributed by atoms with Crippen molar-refractivity contribution in [1.82, 2.24) is 0 Å². The Labute approximate surface area is 56.9 Å². The van der Waals surface area contributed by atoms with E-state index in [1.165, 1.54) is 12.2 Å². The van der Waals surface area contributed by atoms with Crippen molar-refractivity contribution in [1.29, 1.82) is 0 Å². The van der Waals surface area contributed by atoms with Crippen LogP contribution in [0.5, 0.6) is 0 Å². The summed E-state index contributed by atoms with van der Waals surface area (Å²) in [6.45, 7) is 0. The van der Waals surface area contributed by atoms with Crippen LogP contribution in [0.2, 0.25) is 0 Å². The summed E-state index contributed by atoms with van der Waals surface area (Å²) >= 11 is 0. The summed E-state index contributed by atoms with van der Waals surface area (Å²) in [4.78, 5) is 9.43. The highest BCUT2D eigenvalue weighted by Gasteiger charge is 2.18. The SMILES string of the molecule is O=[N+]([O-])C1=[C+]C=C(O)C=C1. The van der Waals surface area contributed by atoms with E-state index in [2.05, 4.69) is 6.08 Å². The lowest BCUT2D eigenvalue weighted by Gasteiger charge is -1.84. The van der Waals surface area contributed by atoms with Crippen molar-refractivity contribution in [2.45, 2.75) is 0 Å². The molecule has 0 aliphatic heterocycles. The number of hydrogen-bond acceptors (Lipinski definition) is 3. The van der Waals surface area contributed by atoms with E-state index in [1.54, 1.807) is 0 Å². The number of aliphatic hydroxyl groups excluding tert-OH is 1. The lowest BCUT2D eigenvalue weighted by molar-refractivity contribution is -0.419. The van der Waals surface area contributed by atoms with Gasteiger partial charge in [0.2, 0.25) is 5.76 Å². The average molecular weight is 138 g/mol. The summed E-state index contributed by atoms with van der Waals surface area (Å²) in [6, 6.07) is 0. The predicted molar refractivity (Wildman–Crippen MR) is 33.6 cm³/mol. The third-order valence-electron chi connectivity index (χ3n) is 0.977. The molecule has 0 aromatic heterocycles. The first kappa shape index (κ1) is 6.45. The van der Waals surface area contributed by atoms with E-state index >= 15 is 0 Å². The van der Waals surface area contributed by atoms with E-state index in [4.69, 9.17) is 5.11 Å². The average Bonchev–Trinajstić information content (AvgIpc) is 1.88. The molecule has 1 aliphatic carbocycles. The van der Waals surface area contributed by atoms with E-state index in [1.807, 2.05) is 0 Å². The van der Waals surface area contributed by atoms with E-state index in [0.717, 1.165) is 6.08 Å². The summed E-state index contributed by atoms with van der Waals surface area (Å²) in [5, 5.41) is 18.7. The molecule has 0 saturated carbocycles. The molecule has 0 aromatic rings. The maximum absolute atomic E-state index is 10.0. The molecule has 1 aliphatic rings. The Morgan fingerprint density at radius 1 is 1.60 bits per heavy atom. The Morgan fingerprint density at radius 3 is 2.70 bits per heavy atom. The van der Waals surface area contributed by atoms with Gasteiger partial charge in [-0.3, -0.25) is 10.1 Å². The van der Waals surface area contributed by atoms with Gasteiger partial charge in [-0.1, -0.05) is 0 Å². The van der Waals surface area contributed by atoms with E-state index in [9.17, 15) is 10.1 Å². The van der Waals surface area contributed by atoms with Gasteiger partial charge in [-0.2, -0.15) is 0 Å². The first-order valence-electron chi connectivity index (χ1n) is 2.55. The molecule has 0 unspecified atom stereocenters. The summed E-state index contributed by atoms with van der Waals surface area (Å²) in [6.07, 6.45) is 5.87. The monoisotopic (exact) mass is 138 g/mol. The predicted octanol–water partition coefficient (Wildman–Crippen LogP) is 0.962. The molecule has 1 rings (SSSR count). The van der Waals surface area contributed by atoms with Crippen LogP contribution in [-0.4, -0.2) is 10.0 Å². The fraction of sp³-hybridized carbons (Fsp3) is 0.